The highest BCUT2D eigenvalue weighted by Crippen LogP contribution is 2.33. The van der Waals surface area contributed by atoms with Crippen molar-refractivity contribution < 1.29 is 9.47 Å². The topological polar surface area (TPSA) is 47.7 Å². The van der Waals surface area contributed by atoms with E-state index in [0.717, 1.165) is 42.7 Å². The van der Waals surface area contributed by atoms with Gasteiger partial charge in [-0.25, -0.2) is 0 Å². The number of methoxy groups -OCH3 is 1. The Labute approximate surface area is 121 Å². The third-order valence-corrected chi connectivity index (χ3v) is 3.75. The number of nitrogens with zero attached hydrogens (tertiary/aromatic N) is 1. The van der Waals surface area contributed by atoms with Gasteiger partial charge in [-0.1, -0.05) is 6.07 Å². The molecule has 112 valence electrons. The fraction of sp³-hybridized carbons (Fsp3) is 0.625. The molecule has 1 aliphatic rings. The first kappa shape index (κ1) is 15.1. The van der Waals surface area contributed by atoms with E-state index in [2.05, 4.69) is 18.0 Å². The fourth-order valence-corrected chi connectivity index (χ4v) is 2.36. The van der Waals surface area contributed by atoms with Gasteiger partial charge in [0.25, 0.3) is 0 Å². The number of hydrogen-bond acceptors (Lipinski definition) is 4. The number of nitrogens with two attached hydrogens (primary N) is 1. The molecule has 1 fully saturated rings. The van der Waals surface area contributed by atoms with Gasteiger partial charge in [-0.3, -0.25) is 0 Å². The molecule has 0 heterocycles. The molecule has 1 aliphatic carbocycles. The number of ether oxygens (including phenoxy) is 2. The van der Waals surface area contributed by atoms with E-state index in [4.69, 9.17) is 15.2 Å². The molecule has 1 aromatic carbocycles. The van der Waals surface area contributed by atoms with Crippen LogP contribution in [0.2, 0.25) is 0 Å². The molecule has 4 heteroatoms. The second kappa shape index (κ2) is 6.95. The Balaban J connectivity index is 1.97. The first-order valence-electron chi connectivity index (χ1n) is 7.34. The summed E-state index contributed by atoms with van der Waals surface area (Å²) >= 11 is 0. The van der Waals surface area contributed by atoms with Gasteiger partial charge in [0.1, 0.15) is 5.75 Å². The van der Waals surface area contributed by atoms with Gasteiger partial charge >= 0.3 is 0 Å². The zero-order valence-electron chi connectivity index (χ0n) is 12.8. The molecule has 0 radical (unpaired) electrons. The highest BCUT2D eigenvalue weighted by molar-refractivity contribution is 5.60. The minimum absolute atomic E-state index is 0.0593. The predicted molar refractivity (Wildman–Crippen MR) is 82.4 cm³/mol. The van der Waals surface area contributed by atoms with Crippen molar-refractivity contribution in [1.82, 2.24) is 0 Å². The monoisotopic (exact) mass is 278 g/mol. The summed E-state index contributed by atoms with van der Waals surface area (Å²) < 4.78 is 11.1. The van der Waals surface area contributed by atoms with E-state index < -0.39 is 0 Å². The average Bonchev–Trinajstić information content (AvgIpc) is 3.26. The van der Waals surface area contributed by atoms with Crippen LogP contribution < -0.4 is 15.4 Å². The lowest BCUT2D eigenvalue weighted by atomic mass is 10.0. The van der Waals surface area contributed by atoms with E-state index in [1.54, 1.807) is 7.11 Å². The van der Waals surface area contributed by atoms with Crippen LogP contribution in [-0.2, 0) is 4.74 Å². The number of anilines is 1. The number of hydrogen-bond donors (Lipinski definition) is 1. The molecule has 1 saturated carbocycles. The summed E-state index contributed by atoms with van der Waals surface area (Å²) in [4.78, 5) is 2.19. The maximum atomic E-state index is 6.09. The van der Waals surface area contributed by atoms with Gasteiger partial charge in [0.05, 0.1) is 13.7 Å². The lowest BCUT2D eigenvalue weighted by Gasteiger charge is -2.25. The van der Waals surface area contributed by atoms with Crippen molar-refractivity contribution in [3.8, 4) is 5.75 Å². The maximum absolute atomic E-state index is 6.09. The average molecular weight is 278 g/mol. The van der Waals surface area contributed by atoms with Crippen molar-refractivity contribution in [1.29, 1.82) is 0 Å². The summed E-state index contributed by atoms with van der Waals surface area (Å²) in [6, 6.07) is 5.99. The van der Waals surface area contributed by atoms with Crippen molar-refractivity contribution in [3.05, 3.63) is 23.8 Å². The third kappa shape index (κ3) is 3.87. The van der Waals surface area contributed by atoms with E-state index in [0.29, 0.717) is 0 Å². The van der Waals surface area contributed by atoms with Crippen molar-refractivity contribution >= 4 is 5.69 Å². The highest BCUT2D eigenvalue weighted by atomic mass is 16.5. The van der Waals surface area contributed by atoms with E-state index in [1.807, 2.05) is 19.1 Å². The first-order chi connectivity index (χ1) is 9.63. The van der Waals surface area contributed by atoms with E-state index >= 15 is 0 Å². The Morgan fingerprint density at radius 1 is 1.40 bits per heavy atom. The molecular formula is C16H26N2O2. The summed E-state index contributed by atoms with van der Waals surface area (Å²) in [6.07, 6.45) is 2.67. The zero-order chi connectivity index (χ0) is 14.5. The molecule has 2 N–H and O–H groups in total. The largest absolute Gasteiger partial charge is 0.496 e. The molecule has 1 aromatic rings. The van der Waals surface area contributed by atoms with Gasteiger partial charge in [0.2, 0.25) is 0 Å². The highest BCUT2D eigenvalue weighted by Gasteiger charge is 2.21. The van der Waals surface area contributed by atoms with E-state index in [-0.39, 0.29) is 6.04 Å². The number of rotatable bonds is 8. The molecule has 0 saturated heterocycles. The van der Waals surface area contributed by atoms with E-state index in [9.17, 15) is 0 Å². The number of likely N-dealkylation sites (N-methyl/N-ethyl adjacent to an activating group) is 1. The molecule has 20 heavy (non-hydrogen) atoms. The molecule has 1 atom stereocenters. The second-order valence-electron chi connectivity index (χ2n) is 5.62. The molecule has 4 nitrogen and oxygen atoms in total. The Morgan fingerprint density at radius 3 is 2.75 bits per heavy atom. The van der Waals surface area contributed by atoms with Crippen LogP contribution in [0.5, 0.6) is 5.75 Å². The summed E-state index contributed by atoms with van der Waals surface area (Å²) in [6.45, 7) is 4.51. The second-order valence-corrected chi connectivity index (χ2v) is 5.62. The van der Waals surface area contributed by atoms with Gasteiger partial charge in [-0.15, -0.1) is 0 Å². The van der Waals surface area contributed by atoms with Crippen LogP contribution in [0.1, 0.15) is 31.4 Å². The van der Waals surface area contributed by atoms with Crippen LogP contribution in [0.3, 0.4) is 0 Å². The summed E-state index contributed by atoms with van der Waals surface area (Å²) in [7, 11) is 3.75. The van der Waals surface area contributed by atoms with Crippen LogP contribution in [-0.4, -0.2) is 33.9 Å². The Morgan fingerprint density at radius 2 is 2.15 bits per heavy atom. The third-order valence-electron chi connectivity index (χ3n) is 3.75. The van der Waals surface area contributed by atoms with Crippen LogP contribution in [0, 0.1) is 5.92 Å². The molecule has 2 rings (SSSR count). The molecule has 0 amide bonds. The zero-order valence-corrected chi connectivity index (χ0v) is 12.8. The summed E-state index contributed by atoms with van der Waals surface area (Å²) in [5.74, 6) is 1.67. The maximum Gasteiger partial charge on any atom is 0.125 e. The van der Waals surface area contributed by atoms with Gasteiger partial charge in [-0.2, -0.15) is 0 Å². The van der Waals surface area contributed by atoms with Crippen molar-refractivity contribution in [3.63, 3.8) is 0 Å². The summed E-state index contributed by atoms with van der Waals surface area (Å²) in [5.41, 5.74) is 8.27. The van der Waals surface area contributed by atoms with Gasteiger partial charge in [0, 0.05) is 37.5 Å². The van der Waals surface area contributed by atoms with Gasteiger partial charge in [-0.05, 0) is 37.8 Å². The smallest absolute Gasteiger partial charge is 0.125 e. The standard InChI is InChI=1S/C16H26N2O2/c1-12(17)16-14(5-4-6-15(16)19-3)18(2)9-10-20-11-13-7-8-13/h4-6,12-13H,7-11,17H2,1-3H3. The van der Waals surface area contributed by atoms with Crippen molar-refractivity contribution in [2.75, 3.05) is 38.8 Å². The molecule has 0 aliphatic heterocycles. The van der Waals surface area contributed by atoms with Crippen LogP contribution in [0.15, 0.2) is 18.2 Å². The minimum atomic E-state index is -0.0593. The quantitative estimate of drug-likeness (QED) is 0.743. The van der Waals surface area contributed by atoms with Crippen molar-refractivity contribution in [2.45, 2.75) is 25.8 Å². The molecule has 0 spiro atoms. The van der Waals surface area contributed by atoms with Crippen LogP contribution in [0.4, 0.5) is 5.69 Å². The van der Waals surface area contributed by atoms with Crippen LogP contribution >= 0.6 is 0 Å². The SMILES string of the molecule is COc1cccc(N(C)CCOCC2CC2)c1C(C)N. The Hall–Kier alpha value is -1.26. The predicted octanol–water partition coefficient (Wildman–Crippen LogP) is 2.58. The van der Waals surface area contributed by atoms with Gasteiger partial charge < -0.3 is 20.1 Å². The molecule has 1 unspecified atom stereocenters. The lowest BCUT2D eigenvalue weighted by molar-refractivity contribution is 0.131. The number of benzene rings is 1. The van der Waals surface area contributed by atoms with E-state index in [1.165, 1.54) is 12.8 Å². The Kier molecular flexibility index (Phi) is 5.26. The Bertz CT molecular complexity index is 430. The van der Waals surface area contributed by atoms with Gasteiger partial charge in [0.15, 0.2) is 0 Å². The van der Waals surface area contributed by atoms with Crippen LogP contribution in [0.25, 0.3) is 0 Å². The molecule has 0 bridgehead atoms. The fourth-order valence-electron chi connectivity index (χ4n) is 2.36. The molecule has 0 aromatic heterocycles. The minimum Gasteiger partial charge on any atom is -0.496 e. The first-order valence-corrected chi connectivity index (χ1v) is 7.34. The van der Waals surface area contributed by atoms with Crippen molar-refractivity contribution in [2.24, 2.45) is 11.7 Å². The lowest BCUT2D eigenvalue weighted by Crippen LogP contribution is -2.25. The normalized spacial score (nSPS) is 16.0. The molecular weight excluding hydrogens is 252 g/mol. The summed E-state index contributed by atoms with van der Waals surface area (Å²) in [5, 5.41) is 0.